The summed E-state index contributed by atoms with van der Waals surface area (Å²) in [6.07, 6.45) is 1.02. The highest BCUT2D eigenvalue weighted by Crippen LogP contribution is 2.11. The Morgan fingerprint density at radius 1 is 1.03 bits per heavy atom. The van der Waals surface area contributed by atoms with Gasteiger partial charge in [-0.3, -0.25) is 15.0 Å². The van der Waals surface area contributed by atoms with Crippen molar-refractivity contribution in [1.82, 2.24) is 15.5 Å². The maximum atomic E-state index is 10.8. The first-order valence-corrected chi connectivity index (χ1v) is 10.3. The molecule has 2 N–H and O–H groups in total. The number of morpholine rings is 1. The molecule has 0 amide bonds. The molecule has 168 valence electrons. The lowest BCUT2D eigenvalue weighted by atomic mass is 10.2. The normalized spacial score (nSPS) is 14.5. The average molecular weight is 539 g/mol. The lowest BCUT2D eigenvalue weighted by Gasteiger charge is -2.26. The first kappa shape index (κ1) is 25.0. The molecule has 8 nitrogen and oxygen atoms in total. The van der Waals surface area contributed by atoms with Crippen LogP contribution in [0.25, 0.3) is 0 Å². The Bertz CT molecular complexity index is 812. The van der Waals surface area contributed by atoms with Crippen molar-refractivity contribution in [2.75, 3.05) is 39.4 Å². The highest BCUT2D eigenvalue weighted by atomic mass is 127. The van der Waals surface area contributed by atoms with Crippen LogP contribution in [0.15, 0.2) is 59.6 Å². The number of guanidine groups is 1. The molecule has 2 aromatic rings. The topological polar surface area (TPSA) is 92.0 Å². The van der Waals surface area contributed by atoms with Crippen molar-refractivity contribution in [1.29, 1.82) is 0 Å². The molecule has 1 fully saturated rings. The third kappa shape index (κ3) is 9.19. The van der Waals surface area contributed by atoms with E-state index in [0.29, 0.717) is 13.1 Å². The summed E-state index contributed by atoms with van der Waals surface area (Å²) in [4.78, 5) is 17.5. The van der Waals surface area contributed by atoms with E-state index in [2.05, 4.69) is 27.7 Å². The van der Waals surface area contributed by atoms with E-state index >= 15 is 0 Å². The molecular weight excluding hydrogens is 509 g/mol. The molecule has 2 aromatic carbocycles. The molecule has 1 heterocycles. The second-order valence-electron chi connectivity index (χ2n) is 7.16. The number of rotatable bonds is 9. The monoisotopic (exact) mass is 539 g/mol. The van der Waals surface area contributed by atoms with Gasteiger partial charge in [0.25, 0.3) is 5.69 Å². The zero-order valence-corrected chi connectivity index (χ0v) is 19.9. The molecule has 0 bridgehead atoms. The van der Waals surface area contributed by atoms with Crippen LogP contribution in [0.3, 0.4) is 0 Å². The Morgan fingerprint density at radius 3 is 2.42 bits per heavy atom. The molecule has 1 aliphatic rings. The van der Waals surface area contributed by atoms with Gasteiger partial charge < -0.3 is 15.4 Å². The minimum Gasteiger partial charge on any atom is -0.379 e. The van der Waals surface area contributed by atoms with Gasteiger partial charge in [-0.2, -0.15) is 0 Å². The smallest absolute Gasteiger partial charge is 0.269 e. The summed E-state index contributed by atoms with van der Waals surface area (Å²) in [5.41, 5.74) is 2.20. The van der Waals surface area contributed by atoms with E-state index in [-0.39, 0.29) is 34.6 Å². The van der Waals surface area contributed by atoms with E-state index in [4.69, 9.17) is 9.73 Å². The van der Waals surface area contributed by atoms with Crippen molar-refractivity contribution in [3.63, 3.8) is 0 Å². The molecule has 0 spiro atoms. The number of halogens is 1. The fourth-order valence-corrected chi connectivity index (χ4v) is 3.18. The van der Waals surface area contributed by atoms with Gasteiger partial charge in [0.2, 0.25) is 0 Å². The fraction of sp³-hybridized carbons (Fsp3) is 0.409. The van der Waals surface area contributed by atoms with Crippen molar-refractivity contribution >= 4 is 35.6 Å². The van der Waals surface area contributed by atoms with E-state index < -0.39 is 0 Å². The number of ether oxygens (including phenoxy) is 1. The van der Waals surface area contributed by atoms with Crippen molar-refractivity contribution in [2.45, 2.75) is 19.5 Å². The third-order valence-electron chi connectivity index (χ3n) is 4.92. The van der Waals surface area contributed by atoms with Crippen LogP contribution in [0.4, 0.5) is 5.69 Å². The van der Waals surface area contributed by atoms with Gasteiger partial charge in [-0.15, -0.1) is 24.0 Å². The molecule has 0 aliphatic carbocycles. The van der Waals surface area contributed by atoms with Gasteiger partial charge in [-0.25, -0.2) is 4.99 Å². The first-order chi connectivity index (χ1) is 14.7. The van der Waals surface area contributed by atoms with Crippen LogP contribution in [0.1, 0.15) is 17.5 Å². The largest absolute Gasteiger partial charge is 0.379 e. The van der Waals surface area contributed by atoms with Gasteiger partial charge in [0.15, 0.2) is 5.96 Å². The van der Waals surface area contributed by atoms with Crippen LogP contribution >= 0.6 is 24.0 Å². The molecule has 31 heavy (non-hydrogen) atoms. The number of hydrogen-bond acceptors (Lipinski definition) is 5. The Hall–Kier alpha value is -2.24. The number of non-ortho nitro benzene ring substituents is 1. The van der Waals surface area contributed by atoms with E-state index in [0.717, 1.165) is 62.9 Å². The van der Waals surface area contributed by atoms with Crippen LogP contribution in [-0.4, -0.2) is 55.2 Å². The van der Waals surface area contributed by atoms with E-state index in [1.54, 1.807) is 12.1 Å². The van der Waals surface area contributed by atoms with Gasteiger partial charge in [0.1, 0.15) is 0 Å². The number of nitrogens with one attached hydrogen (secondary N) is 2. The summed E-state index contributed by atoms with van der Waals surface area (Å²) in [5, 5.41) is 17.5. The van der Waals surface area contributed by atoms with Gasteiger partial charge in [0.05, 0.1) is 24.7 Å². The minimum atomic E-state index is -0.389. The standard InChI is InChI=1S/C22H29N5O3.HI/c28-27(29)21-9-7-20(8-10-21)18-25-22(24-17-19-5-2-1-3-6-19)23-11-4-12-26-13-15-30-16-14-26;/h1-3,5-10H,4,11-18H2,(H2,23,24,25);1H. The Kier molecular flexibility index (Phi) is 11.3. The van der Waals surface area contributed by atoms with E-state index in [1.807, 2.05) is 18.2 Å². The maximum absolute atomic E-state index is 10.8. The molecule has 0 saturated carbocycles. The van der Waals surface area contributed by atoms with Crippen LogP contribution in [0.2, 0.25) is 0 Å². The SMILES string of the molecule is I.O=[N+]([O-])c1ccc(CNC(=NCc2ccccc2)NCCCN2CCOCC2)cc1. The molecule has 1 aliphatic heterocycles. The van der Waals surface area contributed by atoms with Crippen LogP contribution in [0, 0.1) is 10.1 Å². The van der Waals surface area contributed by atoms with Crippen LogP contribution in [-0.2, 0) is 17.8 Å². The van der Waals surface area contributed by atoms with Gasteiger partial charge in [-0.05, 0) is 24.1 Å². The maximum Gasteiger partial charge on any atom is 0.269 e. The molecule has 0 radical (unpaired) electrons. The number of nitro benzene ring substituents is 1. The molecule has 0 aromatic heterocycles. The number of hydrogen-bond donors (Lipinski definition) is 2. The summed E-state index contributed by atoms with van der Waals surface area (Å²) in [6, 6.07) is 16.7. The van der Waals surface area contributed by atoms with Crippen molar-refractivity contribution in [3.05, 3.63) is 75.8 Å². The quantitative estimate of drug-likeness (QED) is 0.127. The number of nitrogens with zero attached hydrogens (tertiary/aromatic N) is 3. The van der Waals surface area contributed by atoms with E-state index in [1.165, 1.54) is 12.1 Å². The summed E-state index contributed by atoms with van der Waals surface area (Å²) < 4.78 is 5.39. The van der Waals surface area contributed by atoms with Crippen molar-refractivity contribution < 1.29 is 9.66 Å². The van der Waals surface area contributed by atoms with Gasteiger partial charge >= 0.3 is 0 Å². The molecule has 1 saturated heterocycles. The fourth-order valence-electron chi connectivity index (χ4n) is 3.18. The number of aliphatic imine (C=N–C) groups is 1. The van der Waals surface area contributed by atoms with Crippen molar-refractivity contribution in [2.24, 2.45) is 4.99 Å². The minimum absolute atomic E-state index is 0. The Balaban J connectivity index is 0.00000341. The molecular formula is C22H30IN5O3. The summed E-state index contributed by atoms with van der Waals surface area (Å²) >= 11 is 0. The lowest BCUT2D eigenvalue weighted by Crippen LogP contribution is -2.40. The number of benzene rings is 2. The summed E-state index contributed by atoms with van der Waals surface area (Å²) in [5.74, 6) is 0.735. The molecule has 9 heteroatoms. The lowest BCUT2D eigenvalue weighted by molar-refractivity contribution is -0.384. The molecule has 0 unspecified atom stereocenters. The summed E-state index contributed by atoms with van der Waals surface area (Å²) in [6.45, 7) is 6.59. The zero-order valence-electron chi connectivity index (χ0n) is 17.5. The van der Waals surface area contributed by atoms with Gasteiger partial charge in [-0.1, -0.05) is 42.5 Å². The Morgan fingerprint density at radius 2 is 1.74 bits per heavy atom. The Labute approximate surface area is 200 Å². The second-order valence-corrected chi connectivity index (χ2v) is 7.16. The van der Waals surface area contributed by atoms with Gasteiger partial charge in [0, 0.05) is 38.3 Å². The number of nitro groups is 1. The first-order valence-electron chi connectivity index (χ1n) is 10.3. The zero-order chi connectivity index (χ0) is 21.0. The average Bonchev–Trinajstić information content (AvgIpc) is 2.79. The summed E-state index contributed by atoms with van der Waals surface area (Å²) in [7, 11) is 0. The predicted molar refractivity (Wildman–Crippen MR) is 133 cm³/mol. The highest BCUT2D eigenvalue weighted by Gasteiger charge is 2.09. The second kappa shape index (κ2) is 13.9. The predicted octanol–water partition coefficient (Wildman–Crippen LogP) is 3.17. The van der Waals surface area contributed by atoms with Crippen LogP contribution < -0.4 is 10.6 Å². The molecule has 0 atom stereocenters. The highest BCUT2D eigenvalue weighted by molar-refractivity contribution is 14.0. The van der Waals surface area contributed by atoms with Crippen molar-refractivity contribution in [3.8, 4) is 0 Å². The third-order valence-corrected chi connectivity index (χ3v) is 4.92. The van der Waals surface area contributed by atoms with Crippen LogP contribution in [0.5, 0.6) is 0 Å². The molecule has 3 rings (SSSR count). The van der Waals surface area contributed by atoms with E-state index in [9.17, 15) is 10.1 Å².